The number of rotatable bonds is 4. The van der Waals surface area contributed by atoms with Gasteiger partial charge in [0.15, 0.2) is 0 Å². The third-order valence-electron chi connectivity index (χ3n) is 2.27. The van der Waals surface area contributed by atoms with Gasteiger partial charge in [-0.05, 0) is 24.6 Å². The molecule has 0 saturated heterocycles. The van der Waals surface area contributed by atoms with Crippen LogP contribution < -0.4 is 10.3 Å². The van der Waals surface area contributed by atoms with E-state index in [9.17, 15) is 13.2 Å². The summed E-state index contributed by atoms with van der Waals surface area (Å²) in [5.74, 6) is -0.678. The Morgan fingerprint density at radius 1 is 1.33 bits per heavy atom. The van der Waals surface area contributed by atoms with E-state index in [1.165, 1.54) is 6.07 Å². The molecule has 0 aliphatic rings. The highest BCUT2D eigenvalue weighted by atomic mass is 79.9. The Bertz CT molecular complexity index is 555. The number of halogens is 1. The number of hydrogen-bond donors (Lipinski definition) is 2. The quantitative estimate of drug-likeness (QED) is 0.823. The summed E-state index contributed by atoms with van der Waals surface area (Å²) in [5, 5.41) is 0. The van der Waals surface area contributed by atoms with E-state index in [0.29, 0.717) is 10.0 Å². The molecule has 0 aliphatic carbocycles. The molecule has 0 aliphatic heterocycles. The molecule has 7 heteroatoms. The molecule has 0 fully saturated rings. The van der Waals surface area contributed by atoms with Crippen molar-refractivity contribution >= 4 is 31.9 Å². The summed E-state index contributed by atoms with van der Waals surface area (Å²) in [4.78, 5) is 13.5. The first-order valence-electron chi connectivity index (χ1n) is 5.32. The molecular weight excluding hydrogens is 320 g/mol. The van der Waals surface area contributed by atoms with Crippen LogP contribution in [0.25, 0.3) is 0 Å². The first kappa shape index (κ1) is 15.1. The molecule has 0 radical (unpaired) electrons. The Morgan fingerprint density at radius 3 is 2.50 bits per heavy atom. The zero-order chi connectivity index (χ0) is 13.9. The molecule has 1 rings (SSSR count). The molecule has 0 aromatic heterocycles. The molecule has 0 bridgehead atoms. The van der Waals surface area contributed by atoms with E-state index in [2.05, 4.69) is 26.2 Å². The SMILES string of the molecule is Cc1ccc(Br)cc1S(=O)(=O)NNC(=O)C(C)C. The maximum absolute atomic E-state index is 12.0. The van der Waals surface area contributed by atoms with Gasteiger partial charge in [0.25, 0.3) is 10.0 Å². The van der Waals surface area contributed by atoms with Crippen molar-refractivity contribution in [3.63, 3.8) is 0 Å². The van der Waals surface area contributed by atoms with Crippen molar-refractivity contribution in [3.8, 4) is 0 Å². The maximum atomic E-state index is 12.0. The van der Waals surface area contributed by atoms with E-state index in [1.54, 1.807) is 32.9 Å². The van der Waals surface area contributed by atoms with Crippen molar-refractivity contribution in [3.05, 3.63) is 28.2 Å². The summed E-state index contributed by atoms with van der Waals surface area (Å²) in [6.45, 7) is 5.03. The number of carbonyl (C=O) groups excluding carboxylic acids is 1. The average Bonchev–Trinajstić information content (AvgIpc) is 2.29. The minimum atomic E-state index is -3.75. The highest BCUT2D eigenvalue weighted by Gasteiger charge is 2.18. The summed E-state index contributed by atoms with van der Waals surface area (Å²) in [5.41, 5.74) is 2.78. The van der Waals surface area contributed by atoms with Gasteiger partial charge in [0.1, 0.15) is 0 Å². The van der Waals surface area contributed by atoms with Crippen molar-refractivity contribution in [2.45, 2.75) is 25.7 Å². The van der Waals surface area contributed by atoms with E-state index in [1.807, 2.05) is 0 Å². The minimum Gasteiger partial charge on any atom is -0.277 e. The first-order chi connectivity index (χ1) is 8.24. The predicted octanol–water partition coefficient (Wildman–Crippen LogP) is 1.72. The zero-order valence-electron chi connectivity index (χ0n) is 10.3. The summed E-state index contributed by atoms with van der Waals surface area (Å²) < 4.78 is 24.6. The van der Waals surface area contributed by atoms with Gasteiger partial charge in [0, 0.05) is 10.4 Å². The van der Waals surface area contributed by atoms with Gasteiger partial charge >= 0.3 is 0 Å². The lowest BCUT2D eigenvalue weighted by Gasteiger charge is -2.11. The van der Waals surface area contributed by atoms with Crippen molar-refractivity contribution in [1.82, 2.24) is 10.3 Å². The summed E-state index contributed by atoms with van der Waals surface area (Å²) >= 11 is 3.21. The van der Waals surface area contributed by atoms with Gasteiger partial charge in [0.05, 0.1) is 4.90 Å². The fourth-order valence-electron chi connectivity index (χ4n) is 1.18. The fraction of sp³-hybridized carbons (Fsp3) is 0.364. The van der Waals surface area contributed by atoms with Crippen LogP contribution >= 0.6 is 15.9 Å². The molecule has 0 saturated carbocycles. The normalized spacial score (nSPS) is 11.6. The molecule has 2 N–H and O–H groups in total. The molecule has 5 nitrogen and oxygen atoms in total. The number of hydrogen-bond acceptors (Lipinski definition) is 3. The molecule has 0 heterocycles. The number of hydrazine groups is 1. The third-order valence-corrected chi connectivity index (χ3v) is 4.16. The number of carbonyl (C=O) groups is 1. The predicted molar refractivity (Wildman–Crippen MR) is 72.2 cm³/mol. The molecule has 1 amide bonds. The number of nitrogens with one attached hydrogen (secondary N) is 2. The Labute approximate surface area is 115 Å². The lowest BCUT2D eigenvalue weighted by molar-refractivity contribution is -0.124. The van der Waals surface area contributed by atoms with Crippen molar-refractivity contribution in [1.29, 1.82) is 0 Å². The molecule has 18 heavy (non-hydrogen) atoms. The molecule has 0 unspecified atom stereocenters. The largest absolute Gasteiger partial charge is 0.277 e. The van der Waals surface area contributed by atoms with Crippen LogP contribution in [0.3, 0.4) is 0 Å². The van der Waals surface area contributed by atoms with Crippen molar-refractivity contribution < 1.29 is 13.2 Å². The number of benzene rings is 1. The smallest absolute Gasteiger partial charge is 0.257 e. The second kappa shape index (κ2) is 5.81. The van der Waals surface area contributed by atoms with E-state index in [0.717, 1.165) is 0 Å². The highest BCUT2D eigenvalue weighted by molar-refractivity contribution is 9.10. The van der Waals surface area contributed by atoms with Crippen LogP contribution in [0, 0.1) is 12.8 Å². The molecule has 0 spiro atoms. The highest BCUT2D eigenvalue weighted by Crippen LogP contribution is 2.19. The average molecular weight is 335 g/mol. The number of amides is 1. The standard InChI is InChI=1S/C11H15BrN2O3S/c1-7(2)11(15)13-14-18(16,17)10-6-9(12)5-4-8(10)3/h4-7,14H,1-3H3,(H,13,15). The van der Waals surface area contributed by atoms with Crippen molar-refractivity contribution in [2.75, 3.05) is 0 Å². The van der Waals surface area contributed by atoms with E-state index in [-0.39, 0.29) is 16.7 Å². The topological polar surface area (TPSA) is 75.3 Å². The van der Waals surface area contributed by atoms with Crippen LogP contribution in [0.4, 0.5) is 0 Å². The van der Waals surface area contributed by atoms with Crippen LogP contribution in [-0.4, -0.2) is 14.3 Å². The van der Waals surface area contributed by atoms with Crippen LogP contribution in [0.1, 0.15) is 19.4 Å². The van der Waals surface area contributed by atoms with E-state index >= 15 is 0 Å². The molecular formula is C11H15BrN2O3S. The fourth-order valence-corrected chi connectivity index (χ4v) is 2.81. The molecule has 0 atom stereocenters. The van der Waals surface area contributed by atoms with Gasteiger partial charge < -0.3 is 0 Å². The van der Waals surface area contributed by atoms with Crippen molar-refractivity contribution in [2.24, 2.45) is 5.92 Å². The Hall–Kier alpha value is -0.920. The maximum Gasteiger partial charge on any atom is 0.257 e. The Morgan fingerprint density at radius 2 is 1.94 bits per heavy atom. The van der Waals surface area contributed by atoms with E-state index in [4.69, 9.17) is 0 Å². The van der Waals surface area contributed by atoms with Gasteiger partial charge in [-0.3, -0.25) is 10.2 Å². The lowest BCUT2D eigenvalue weighted by Crippen LogP contribution is -2.43. The van der Waals surface area contributed by atoms with Gasteiger partial charge in [0.2, 0.25) is 5.91 Å². The summed E-state index contributed by atoms with van der Waals surface area (Å²) in [6.07, 6.45) is 0. The molecule has 1 aromatic carbocycles. The van der Waals surface area contributed by atoms with Gasteiger partial charge in [-0.2, -0.15) is 0 Å². The second-order valence-electron chi connectivity index (χ2n) is 4.16. The summed E-state index contributed by atoms with van der Waals surface area (Å²) in [6, 6.07) is 4.92. The van der Waals surface area contributed by atoms with Crippen LogP contribution in [-0.2, 0) is 14.8 Å². The molecule has 1 aromatic rings. The van der Waals surface area contributed by atoms with E-state index < -0.39 is 10.0 Å². The summed E-state index contributed by atoms with van der Waals surface area (Å²) in [7, 11) is -3.75. The number of aryl methyl sites for hydroxylation is 1. The lowest BCUT2D eigenvalue weighted by atomic mass is 10.2. The van der Waals surface area contributed by atoms with Crippen LogP contribution in [0.15, 0.2) is 27.6 Å². The zero-order valence-corrected chi connectivity index (χ0v) is 12.7. The van der Waals surface area contributed by atoms with Crippen LogP contribution in [0.2, 0.25) is 0 Å². The first-order valence-corrected chi connectivity index (χ1v) is 7.59. The number of sulfonamides is 1. The Balaban J connectivity index is 2.93. The third kappa shape index (κ3) is 3.79. The van der Waals surface area contributed by atoms with Gasteiger partial charge in [-0.25, -0.2) is 8.42 Å². The second-order valence-corrected chi connectivity index (χ2v) is 6.73. The van der Waals surface area contributed by atoms with Gasteiger partial charge in [-0.15, -0.1) is 4.83 Å². The van der Waals surface area contributed by atoms with Crippen LogP contribution in [0.5, 0.6) is 0 Å². The Kier molecular flexibility index (Phi) is 4.89. The minimum absolute atomic E-state index is 0.126. The molecule has 100 valence electrons. The monoisotopic (exact) mass is 334 g/mol. The van der Waals surface area contributed by atoms with Gasteiger partial charge in [-0.1, -0.05) is 35.8 Å².